The Balaban J connectivity index is 2.19. The van der Waals surface area contributed by atoms with E-state index < -0.39 is 0 Å². The normalized spacial score (nSPS) is 11.0. The first kappa shape index (κ1) is 9.39. The minimum atomic E-state index is 0.222. The van der Waals surface area contributed by atoms with Crippen LogP contribution in [-0.2, 0) is 7.05 Å². The topological polar surface area (TPSA) is 64.6 Å². The third-order valence-corrected chi connectivity index (χ3v) is 1.95. The SMILES string of the molecule is C[n+]1cc[nH]c1N=Nc1ccc(O)cc1. The second-order valence-corrected chi connectivity index (χ2v) is 3.11. The highest BCUT2D eigenvalue weighted by atomic mass is 16.3. The summed E-state index contributed by atoms with van der Waals surface area (Å²) in [5.41, 5.74) is 0.697. The van der Waals surface area contributed by atoms with Gasteiger partial charge in [0.15, 0.2) is 0 Å². The molecular formula is C10H11N4O+. The standard InChI is InChI=1S/C10H10N4O/c1-14-7-6-11-10(14)13-12-8-2-4-9(15)5-3-8/h2-7H,1H3,(H,11,13,15)/p+1. The third-order valence-electron chi connectivity index (χ3n) is 1.95. The number of aryl methyl sites for hydroxylation is 1. The van der Waals surface area contributed by atoms with Crippen LogP contribution in [0, 0.1) is 0 Å². The number of aromatic nitrogens is 2. The smallest absolute Gasteiger partial charge is 0.418 e. The average molecular weight is 203 g/mol. The molecule has 2 rings (SSSR count). The highest BCUT2D eigenvalue weighted by Crippen LogP contribution is 2.18. The number of aromatic hydroxyl groups is 1. The molecule has 0 spiro atoms. The molecule has 2 aromatic rings. The summed E-state index contributed by atoms with van der Waals surface area (Å²) >= 11 is 0. The first-order valence-corrected chi connectivity index (χ1v) is 4.49. The first-order chi connectivity index (χ1) is 7.25. The minimum Gasteiger partial charge on any atom is -0.508 e. The Morgan fingerprint density at radius 1 is 1.20 bits per heavy atom. The lowest BCUT2D eigenvalue weighted by molar-refractivity contribution is -0.657. The van der Waals surface area contributed by atoms with E-state index in [0.717, 1.165) is 0 Å². The number of phenols is 1. The number of nitrogens with one attached hydrogen (secondary N) is 1. The lowest BCUT2D eigenvalue weighted by atomic mass is 10.3. The van der Waals surface area contributed by atoms with Crippen LogP contribution < -0.4 is 4.57 Å². The Kier molecular flexibility index (Phi) is 2.45. The molecule has 5 heteroatoms. The van der Waals surface area contributed by atoms with Gasteiger partial charge < -0.3 is 5.11 Å². The highest BCUT2D eigenvalue weighted by molar-refractivity contribution is 5.40. The number of benzene rings is 1. The van der Waals surface area contributed by atoms with Crippen molar-refractivity contribution in [3.8, 4) is 5.75 Å². The first-order valence-electron chi connectivity index (χ1n) is 4.49. The van der Waals surface area contributed by atoms with Gasteiger partial charge in [0, 0.05) is 5.11 Å². The van der Waals surface area contributed by atoms with Crippen molar-refractivity contribution in [2.45, 2.75) is 0 Å². The summed E-state index contributed by atoms with van der Waals surface area (Å²) in [6.07, 6.45) is 3.64. The highest BCUT2D eigenvalue weighted by Gasteiger charge is 2.04. The van der Waals surface area contributed by atoms with Gasteiger partial charge in [-0.1, -0.05) is 5.11 Å². The third kappa shape index (κ3) is 2.19. The van der Waals surface area contributed by atoms with E-state index in [1.54, 1.807) is 30.5 Å². The van der Waals surface area contributed by atoms with E-state index in [4.69, 9.17) is 5.11 Å². The van der Waals surface area contributed by atoms with Crippen molar-refractivity contribution in [3.63, 3.8) is 0 Å². The van der Waals surface area contributed by atoms with Gasteiger partial charge in [-0.2, -0.15) is 0 Å². The van der Waals surface area contributed by atoms with Gasteiger partial charge >= 0.3 is 5.95 Å². The van der Waals surface area contributed by atoms with Crippen LogP contribution in [0.25, 0.3) is 0 Å². The minimum absolute atomic E-state index is 0.222. The quantitative estimate of drug-likeness (QED) is 0.568. The predicted molar refractivity (Wildman–Crippen MR) is 54.3 cm³/mol. The number of nitrogens with zero attached hydrogens (tertiary/aromatic N) is 3. The van der Waals surface area contributed by atoms with Gasteiger partial charge in [0.2, 0.25) is 0 Å². The van der Waals surface area contributed by atoms with E-state index in [9.17, 15) is 0 Å². The van der Waals surface area contributed by atoms with E-state index in [1.165, 1.54) is 0 Å². The summed E-state index contributed by atoms with van der Waals surface area (Å²) < 4.78 is 1.82. The number of rotatable bonds is 2. The molecule has 0 aliphatic rings. The maximum absolute atomic E-state index is 9.07. The number of phenolic OH excluding ortho intramolecular Hbond substituents is 1. The molecule has 15 heavy (non-hydrogen) atoms. The Hall–Kier alpha value is -2.17. The van der Waals surface area contributed by atoms with Gasteiger partial charge in [-0.15, -0.1) is 0 Å². The van der Waals surface area contributed by atoms with E-state index in [1.807, 2.05) is 17.8 Å². The fourth-order valence-electron chi connectivity index (χ4n) is 1.12. The molecule has 0 amide bonds. The second kappa shape index (κ2) is 3.91. The summed E-state index contributed by atoms with van der Waals surface area (Å²) in [4.78, 5) is 2.94. The van der Waals surface area contributed by atoms with E-state index in [2.05, 4.69) is 15.2 Å². The Bertz CT molecular complexity index is 472. The zero-order valence-corrected chi connectivity index (χ0v) is 8.25. The van der Waals surface area contributed by atoms with Crippen molar-refractivity contribution in [3.05, 3.63) is 36.7 Å². The second-order valence-electron chi connectivity index (χ2n) is 3.11. The van der Waals surface area contributed by atoms with Crippen molar-refractivity contribution in [2.75, 3.05) is 0 Å². The van der Waals surface area contributed by atoms with Crippen LogP contribution in [0.5, 0.6) is 5.75 Å². The number of azo groups is 1. The molecule has 0 saturated heterocycles. The largest absolute Gasteiger partial charge is 0.508 e. The molecular weight excluding hydrogens is 192 g/mol. The van der Waals surface area contributed by atoms with Crippen LogP contribution in [0.3, 0.4) is 0 Å². The Morgan fingerprint density at radius 2 is 1.93 bits per heavy atom. The molecule has 2 N–H and O–H groups in total. The van der Waals surface area contributed by atoms with Crippen LogP contribution in [0.2, 0.25) is 0 Å². The molecule has 1 aromatic carbocycles. The van der Waals surface area contributed by atoms with Crippen molar-refractivity contribution in [2.24, 2.45) is 17.3 Å². The lowest BCUT2D eigenvalue weighted by Crippen LogP contribution is -2.24. The molecule has 76 valence electrons. The summed E-state index contributed by atoms with van der Waals surface area (Å²) in [6, 6.07) is 6.54. The van der Waals surface area contributed by atoms with Gasteiger partial charge in [-0.05, 0) is 24.3 Å². The zero-order valence-electron chi connectivity index (χ0n) is 8.25. The molecule has 0 saturated carbocycles. The van der Waals surface area contributed by atoms with Crippen LogP contribution >= 0.6 is 0 Å². The Labute approximate surface area is 86.7 Å². The molecule has 0 unspecified atom stereocenters. The van der Waals surface area contributed by atoms with Gasteiger partial charge in [-0.25, -0.2) is 9.55 Å². The molecule has 0 aliphatic carbocycles. The average Bonchev–Trinajstić information content (AvgIpc) is 2.63. The van der Waals surface area contributed by atoms with Crippen LogP contribution in [0.4, 0.5) is 11.6 Å². The molecule has 1 heterocycles. The van der Waals surface area contributed by atoms with Gasteiger partial charge in [0.05, 0.1) is 19.4 Å². The molecule has 0 fully saturated rings. The van der Waals surface area contributed by atoms with Crippen LogP contribution in [0.15, 0.2) is 46.9 Å². The molecule has 0 bridgehead atoms. The maximum atomic E-state index is 9.07. The molecule has 1 aromatic heterocycles. The van der Waals surface area contributed by atoms with Crippen LogP contribution in [0.1, 0.15) is 0 Å². The van der Waals surface area contributed by atoms with Crippen LogP contribution in [-0.4, -0.2) is 10.1 Å². The number of aromatic amines is 1. The Morgan fingerprint density at radius 3 is 2.53 bits per heavy atom. The molecule has 5 nitrogen and oxygen atoms in total. The summed E-state index contributed by atoms with van der Waals surface area (Å²) in [5, 5.41) is 17.1. The predicted octanol–water partition coefficient (Wildman–Crippen LogP) is 1.96. The number of H-pyrrole nitrogens is 1. The zero-order chi connectivity index (χ0) is 10.7. The van der Waals surface area contributed by atoms with Gasteiger partial charge in [-0.3, -0.25) is 0 Å². The summed E-state index contributed by atoms with van der Waals surface area (Å²) in [5.74, 6) is 0.891. The fourth-order valence-corrected chi connectivity index (χ4v) is 1.12. The molecule has 0 atom stereocenters. The van der Waals surface area contributed by atoms with Crippen molar-refractivity contribution in [1.82, 2.24) is 4.98 Å². The monoisotopic (exact) mass is 203 g/mol. The van der Waals surface area contributed by atoms with E-state index in [-0.39, 0.29) is 5.75 Å². The molecule has 0 radical (unpaired) electrons. The maximum Gasteiger partial charge on any atom is 0.418 e. The van der Waals surface area contributed by atoms with Gasteiger partial charge in [0.25, 0.3) is 0 Å². The summed E-state index contributed by atoms with van der Waals surface area (Å²) in [6.45, 7) is 0. The fraction of sp³-hybridized carbons (Fsp3) is 0.100. The van der Waals surface area contributed by atoms with Crippen molar-refractivity contribution < 1.29 is 9.67 Å². The summed E-state index contributed by atoms with van der Waals surface area (Å²) in [7, 11) is 1.88. The number of hydrogen-bond acceptors (Lipinski definition) is 3. The van der Waals surface area contributed by atoms with Crippen molar-refractivity contribution in [1.29, 1.82) is 0 Å². The molecule has 0 aliphatic heterocycles. The van der Waals surface area contributed by atoms with Gasteiger partial charge in [0.1, 0.15) is 11.4 Å². The lowest BCUT2D eigenvalue weighted by Gasteiger charge is -1.89. The number of hydrogen-bond donors (Lipinski definition) is 2. The van der Waals surface area contributed by atoms with Crippen molar-refractivity contribution >= 4 is 11.6 Å². The van der Waals surface area contributed by atoms with E-state index >= 15 is 0 Å². The van der Waals surface area contributed by atoms with E-state index in [0.29, 0.717) is 11.6 Å². The number of imidazole rings is 1.